The number of nitrogens with zero attached hydrogens (tertiary/aromatic N) is 1. The summed E-state index contributed by atoms with van der Waals surface area (Å²) < 4.78 is 2.73. The van der Waals surface area contributed by atoms with Gasteiger partial charge in [-0.1, -0.05) is 35.8 Å². The molecule has 0 radical (unpaired) electrons. The third kappa shape index (κ3) is 1.91. The van der Waals surface area contributed by atoms with E-state index in [-0.39, 0.29) is 11.3 Å². The van der Waals surface area contributed by atoms with Crippen LogP contribution in [-0.4, -0.2) is 9.06 Å². The first-order valence-corrected chi connectivity index (χ1v) is 6.38. The zero-order chi connectivity index (χ0) is 12.5. The van der Waals surface area contributed by atoms with Gasteiger partial charge in [-0.05, 0) is 29.8 Å². The molecule has 0 aliphatic heterocycles. The number of aromatic nitrogens is 1. The number of aromatic hydroxyl groups is 1. The number of phenolic OH excluding ortho intramolecular Hbond substituents is 1. The highest BCUT2D eigenvalue weighted by Gasteiger charge is 2.06. The van der Waals surface area contributed by atoms with Crippen LogP contribution in [-0.2, 0) is 6.54 Å². The summed E-state index contributed by atoms with van der Waals surface area (Å²) in [7, 11) is 0. The van der Waals surface area contributed by atoms with E-state index in [1.165, 1.54) is 11.5 Å². The van der Waals surface area contributed by atoms with Crippen molar-refractivity contribution in [3.63, 3.8) is 0 Å². The van der Waals surface area contributed by atoms with Crippen molar-refractivity contribution in [3.05, 3.63) is 64.4 Å². The minimum Gasteiger partial charge on any atom is -0.508 e. The van der Waals surface area contributed by atoms with Gasteiger partial charge in [-0.25, -0.2) is 0 Å². The molecule has 1 N–H and O–H groups in total. The molecule has 0 unspecified atom stereocenters. The van der Waals surface area contributed by atoms with Crippen LogP contribution in [0.4, 0.5) is 0 Å². The number of benzene rings is 2. The molecule has 3 aromatic rings. The van der Waals surface area contributed by atoms with Gasteiger partial charge in [0.1, 0.15) is 5.75 Å². The van der Waals surface area contributed by atoms with Gasteiger partial charge >= 0.3 is 0 Å². The summed E-state index contributed by atoms with van der Waals surface area (Å²) in [5, 5.41) is 9.99. The fourth-order valence-electron chi connectivity index (χ4n) is 1.89. The molecular formula is C14H11NO2S. The summed E-state index contributed by atoms with van der Waals surface area (Å²) in [6.45, 7) is 0.540. The molecule has 0 amide bonds. The van der Waals surface area contributed by atoms with Crippen LogP contribution in [0.1, 0.15) is 5.56 Å². The maximum absolute atomic E-state index is 12.1. The number of hydrogen-bond donors (Lipinski definition) is 1. The van der Waals surface area contributed by atoms with Gasteiger partial charge < -0.3 is 5.11 Å². The molecular weight excluding hydrogens is 246 g/mol. The Morgan fingerprint density at radius 2 is 1.78 bits per heavy atom. The molecule has 4 heteroatoms. The monoisotopic (exact) mass is 257 g/mol. The highest BCUT2D eigenvalue weighted by Crippen LogP contribution is 2.17. The summed E-state index contributed by atoms with van der Waals surface area (Å²) in [4.78, 5) is 12.1. The molecule has 0 atom stereocenters. The van der Waals surface area contributed by atoms with Gasteiger partial charge in [0.25, 0.3) is 5.56 Å². The second-order valence-electron chi connectivity index (χ2n) is 4.10. The Balaban J connectivity index is 2.02. The number of hydrogen-bond acceptors (Lipinski definition) is 3. The Hall–Kier alpha value is -2.07. The smallest absolute Gasteiger partial charge is 0.268 e. The SMILES string of the molecule is O=c1c2ccccc2sn1Cc1ccc(O)cc1. The van der Waals surface area contributed by atoms with Crippen molar-refractivity contribution in [1.29, 1.82) is 0 Å². The van der Waals surface area contributed by atoms with Crippen molar-refractivity contribution in [2.24, 2.45) is 0 Å². The topological polar surface area (TPSA) is 42.2 Å². The standard InChI is InChI=1S/C14H11NO2S/c16-11-7-5-10(6-8-11)9-15-14(17)12-3-1-2-4-13(12)18-15/h1-8,16H,9H2. The van der Waals surface area contributed by atoms with E-state index in [4.69, 9.17) is 0 Å². The van der Waals surface area contributed by atoms with Crippen LogP contribution in [0.15, 0.2) is 53.3 Å². The van der Waals surface area contributed by atoms with Crippen molar-refractivity contribution in [2.75, 3.05) is 0 Å². The molecule has 18 heavy (non-hydrogen) atoms. The second kappa shape index (κ2) is 4.31. The molecule has 0 fully saturated rings. The first kappa shape index (κ1) is 11.0. The third-order valence-electron chi connectivity index (χ3n) is 2.82. The molecule has 3 nitrogen and oxygen atoms in total. The molecule has 1 aromatic heterocycles. The normalized spacial score (nSPS) is 10.9. The summed E-state index contributed by atoms with van der Waals surface area (Å²) >= 11 is 1.46. The van der Waals surface area contributed by atoms with Gasteiger partial charge in [-0.15, -0.1) is 0 Å². The minimum atomic E-state index is 0.0451. The highest BCUT2D eigenvalue weighted by molar-refractivity contribution is 7.13. The van der Waals surface area contributed by atoms with Crippen LogP contribution in [0, 0.1) is 0 Å². The van der Waals surface area contributed by atoms with Crippen LogP contribution in [0.25, 0.3) is 10.1 Å². The lowest BCUT2D eigenvalue weighted by Crippen LogP contribution is -2.13. The minimum absolute atomic E-state index is 0.0451. The van der Waals surface area contributed by atoms with E-state index in [0.717, 1.165) is 15.6 Å². The van der Waals surface area contributed by atoms with Crippen molar-refractivity contribution in [1.82, 2.24) is 3.96 Å². The van der Waals surface area contributed by atoms with Crippen LogP contribution in [0.3, 0.4) is 0 Å². The molecule has 2 aromatic carbocycles. The van der Waals surface area contributed by atoms with E-state index < -0.39 is 0 Å². The maximum Gasteiger partial charge on any atom is 0.268 e. The molecule has 90 valence electrons. The van der Waals surface area contributed by atoms with Crippen molar-refractivity contribution >= 4 is 21.6 Å². The third-order valence-corrected chi connectivity index (χ3v) is 3.88. The molecule has 0 aliphatic carbocycles. The summed E-state index contributed by atoms with van der Waals surface area (Å²) in [5.41, 5.74) is 1.05. The molecule has 3 rings (SSSR count). The second-order valence-corrected chi connectivity index (χ2v) is 5.16. The molecule has 0 spiro atoms. The van der Waals surface area contributed by atoms with Crippen molar-refractivity contribution in [2.45, 2.75) is 6.54 Å². The van der Waals surface area contributed by atoms with Gasteiger partial charge in [-0.3, -0.25) is 8.75 Å². The summed E-state index contributed by atoms with van der Waals surface area (Å²) in [5.74, 6) is 0.238. The van der Waals surface area contributed by atoms with Gasteiger partial charge in [0, 0.05) is 0 Å². The van der Waals surface area contributed by atoms with Gasteiger partial charge in [-0.2, -0.15) is 0 Å². The van der Waals surface area contributed by atoms with Crippen LogP contribution in [0.2, 0.25) is 0 Å². The highest BCUT2D eigenvalue weighted by atomic mass is 32.1. The molecule has 1 heterocycles. The lowest BCUT2D eigenvalue weighted by atomic mass is 10.2. The fourth-order valence-corrected chi connectivity index (χ4v) is 2.91. The Morgan fingerprint density at radius 1 is 1.06 bits per heavy atom. The first-order valence-electron chi connectivity index (χ1n) is 5.61. The fraction of sp³-hybridized carbons (Fsp3) is 0.0714. The zero-order valence-electron chi connectivity index (χ0n) is 9.54. The van der Waals surface area contributed by atoms with Crippen LogP contribution >= 0.6 is 11.5 Å². The van der Waals surface area contributed by atoms with E-state index in [1.807, 2.05) is 36.4 Å². The molecule has 0 saturated carbocycles. The predicted molar refractivity (Wildman–Crippen MR) is 73.3 cm³/mol. The van der Waals surface area contributed by atoms with Crippen LogP contribution < -0.4 is 5.56 Å². The zero-order valence-corrected chi connectivity index (χ0v) is 10.4. The average molecular weight is 257 g/mol. The van der Waals surface area contributed by atoms with E-state index in [2.05, 4.69) is 0 Å². The number of fused-ring (bicyclic) bond motifs is 1. The molecule has 0 bridgehead atoms. The lowest BCUT2D eigenvalue weighted by molar-refractivity contribution is 0.475. The quantitative estimate of drug-likeness (QED) is 0.767. The largest absolute Gasteiger partial charge is 0.508 e. The van der Waals surface area contributed by atoms with Gasteiger partial charge in [0.05, 0.1) is 16.6 Å². The average Bonchev–Trinajstić information content (AvgIpc) is 2.70. The van der Waals surface area contributed by atoms with E-state index in [1.54, 1.807) is 16.1 Å². The molecule has 0 saturated heterocycles. The Bertz CT molecular complexity index is 740. The van der Waals surface area contributed by atoms with Gasteiger partial charge in [0.2, 0.25) is 0 Å². The van der Waals surface area contributed by atoms with Gasteiger partial charge in [0.15, 0.2) is 0 Å². The first-order chi connectivity index (χ1) is 8.74. The number of phenols is 1. The van der Waals surface area contributed by atoms with Crippen molar-refractivity contribution < 1.29 is 5.11 Å². The summed E-state index contributed by atoms with van der Waals surface area (Å²) in [6.07, 6.45) is 0. The Kier molecular flexibility index (Phi) is 2.64. The van der Waals surface area contributed by atoms with Crippen molar-refractivity contribution in [3.8, 4) is 5.75 Å². The Morgan fingerprint density at radius 3 is 2.50 bits per heavy atom. The summed E-state index contributed by atoms with van der Waals surface area (Å²) in [6, 6.07) is 14.5. The number of rotatable bonds is 2. The van der Waals surface area contributed by atoms with E-state index in [9.17, 15) is 9.90 Å². The van der Waals surface area contributed by atoms with Crippen LogP contribution in [0.5, 0.6) is 5.75 Å². The Labute approximate surface area is 108 Å². The van der Waals surface area contributed by atoms with E-state index in [0.29, 0.717) is 6.54 Å². The lowest BCUT2D eigenvalue weighted by Gasteiger charge is -2.00. The molecule has 0 aliphatic rings. The predicted octanol–water partition coefficient (Wildman–Crippen LogP) is 2.82. The maximum atomic E-state index is 12.1. The van der Waals surface area contributed by atoms with E-state index >= 15 is 0 Å².